The third-order valence-corrected chi connectivity index (χ3v) is 8.30. The molecule has 2 aromatic carbocycles. The fraction of sp³-hybridized carbons (Fsp3) is 0.286. The molecule has 0 aliphatic heterocycles. The van der Waals surface area contributed by atoms with Crippen molar-refractivity contribution in [1.29, 1.82) is 0 Å². The Bertz CT molecular complexity index is 1100. The predicted octanol–water partition coefficient (Wildman–Crippen LogP) is 4.44. The van der Waals surface area contributed by atoms with E-state index in [0.29, 0.717) is 10.8 Å². The van der Waals surface area contributed by atoms with Crippen LogP contribution in [0.4, 0.5) is 10.8 Å². The maximum Gasteiger partial charge on any atom is 0.264 e. The lowest BCUT2D eigenvalue weighted by Gasteiger charge is -2.24. The Hall–Kier alpha value is -2.43. The number of benzene rings is 2. The maximum absolute atomic E-state index is 13.3. The van der Waals surface area contributed by atoms with E-state index in [9.17, 15) is 13.2 Å². The minimum atomic E-state index is -3.93. The Labute approximate surface area is 191 Å². The highest BCUT2D eigenvalue weighted by molar-refractivity contribution is 8.01. The summed E-state index contributed by atoms with van der Waals surface area (Å²) in [7, 11) is -3.93. The van der Waals surface area contributed by atoms with E-state index in [1.165, 1.54) is 23.5 Å². The average molecular weight is 477 g/mol. The molecule has 0 aliphatic rings. The molecular formula is C21H24N4O3S3. The Kier molecular flexibility index (Phi) is 8.05. The van der Waals surface area contributed by atoms with Crippen LogP contribution in [0.25, 0.3) is 0 Å². The van der Waals surface area contributed by atoms with E-state index < -0.39 is 15.9 Å². The largest absolute Gasteiger partial charge is 0.299 e. The van der Waals surface area contributed by atoms with Crippen LogP contribution in [0, 0.1) is 0 Å². The fourth-order valence-corrected chi connectivity index (χ4v) is 5.87. The highest BCUT2D eigenvalue weighted by atomic mass is 32.2. The summed E-state index contributed by atoms with van der Waals surface area (Å²) in [5.41, 5.74) is 1.50. The number of thioether (sulfide) groups is 1. The summed E-state index contributed by atoms with van der Waals surface area (Å²) in [6, 6.07) is 15.3. The molecule has 0 bridgehead atoms. The average Bonchev–Trinajstić information content (AvgIpc) is 3.23. The van der Waals surface area contributed by atoms with Crippen molar-refractivity contribution in [3.63, 3.8) is 0 Å². The molecule has 1 aromatic heterocycles. The maximum atomic E-state index is 13.3. The molecule has 0 radical (unpaired) electrons. The van der Waals surface area contributed by atoms with Crippen molar-refractivity contribution < 1.29 is 13.2 Å². The molecule has 7 nitrogen and oxygen atoms in total. The summed E-state index contributed by atoms with van der Waals surface area (Å²) < 4.78 is 28.5. The first-order valence-corrected chi connectivity index (χ1v) is 13.1. The van der Waals surface area contributed by atoms with Crippen LogP contribution < -0.4 is 9.62 Å². The van der Waals surface area contributed by atoms with Crippen molar-refractivity contribution in [1.82, 2.24) is 10.2 Å². The van der Waals surface area contributed by atoms with Gasteiger partial charge in [-0.2, -0.15) is 0 Å². The number of hydrogen-bond acceptors (Lipinski definition) is 7. The van der Waals surface area contributed by atoms with Crippen molar-refractivity contribution in [2.75, 3.05) is 21.9 Å². The SMILES string of the molecule is CCCSc1nnc(NC(=O)CN(c2ccc(CC)cc2)S(=O)(=O)c2ccccc2)s1. The van der Waals surface area contributed by atoms with Gasteiger partial charge < -0.3 is 0 Å². The molecule has 0 atom stereocenters. The first-order chi connectivity index (χ1) is 14.9. The number of carbonyl (C=O) groups excluding carboxylic acids is 1. The fourth-order valence-electron chi connectivity index (χ4n) is 2.73. The van der Waals surface area contributed by atoms with Crippen molar-refractivity contribution >= 4 is 49.8 Å². The summed E-state index contributed by atoms with van der Waals surface area (Å²) in [4.78, 5) is 12.9. The van der Waals surface area contributed by atoms with Gasteiger partial charge in [0.1, 0.15) is 6.54 Å². The summed E-state index contributed by atoms with van der Waals surface area (Å²) >= 11 is 2.85. The third kappa shape index (κ3) is 6.05. The number of nitrogens with zero attached hydrogens (tertiary/aromatic N) is 3. The first-order valence-electron chi connectivity index (χ1n) is 9.87. The van der Waals surface area contributed by atoms with Crippen molar-refractivity contribution in [2.24, 2.45) is 0 Å². The summed E-state index contributed by atoms with van der Waals surface area (Å²) in [6.45, 7) is 3.72. The smallest absolute Gasteiger partial charge is 0.264 e. The van der Waals surface area contributed by atoms with Crippen molar-refractivity contribution in [3.05, 3.63) is 60.2 Å². The van der Waals surface area contributed by atoms with E-state index in [1.54, 1.807) is 42.1 Å². The van der Waals surface area contributed by atoms with Gasteiger partial charge in [0, 0.05) is 5.75 Å². The zero-order valence-electron chi connectivity index (χ0n) is 17.3. The van der Waals surface area contributed by atoms with Crippen LogP contribution >= 0.6 is 23.1 Å². The number of anilines is 2. The van der Waals surface area contributed by atoms with Crippen LogP contribution in [0.5, 0.6) is 0 Å². The van der Waals surface area contributed by atoms with E-state index in [-0.39, 0.29) is 11.4 Å². The van der Waals surface area contributed by atoms with Gasteiger partial charge in [0.25, 0.3) is 10.0 Å². The van der Waals surface area contributed by atoms with E-state index in [2.05, 4.69) is 22.4 Å². The molecule has 0 saturated carbocycles. The highest BCUT2D eigenvalue weighted by Gasteiger charge is 2.27. The summed E-state index contributed by atoms with van der Waals surface area (Å²) in [5.74, 6) is 0.432. The van der Waals surface area contributed by atoms with Gasteiger partial charge in [0.2, 0.25) is 11.0 Å². The summed E-state index contributed by atoms with van der Waals surface area (Å²) in [6.07, 6.45) is 1.84. The normalized spacial score (nSPS) is 11.3. The molecule has 1 N–H and O–H groups in total. The Balaban J connectivity index is 1.84. The van der Waals surface area contributed by atoms with E-state index >= 15 is 0 Å². The molecule has 10 heteroatoms. The lowest BCUT2D eigenvalue weighted by molar-refractivity contribution is -0.114. The number of aromatic nitrogens is 2. The molecule has 1 amide bonds. The second kappa shape index (κ2) is 10.7. The van der Waals surface area contributed by atoms with Gasteiger partial charge in [-0.05, 0) is 42.7 Å². The topological polar surface area (TPSA) is 92.3 Å². The zero-order chi connectivity index (χ0) is 22.3. The molecule has 0 unspecified atom stereocenters. The Morgan fingerprint density at radius 1 is 1.06 bits per heavy atom. The molecule has 0 spiro atoms. The van der Waals surface area contributed by atoms with Gasteiger partial charge in [0.05, 0.1) is 10.6 Å². The highest BCUT2D eigenvalue weighted by Crippen LogP contribution is 2.27. The minimum absolute atomic E-state index is 0.122. The van der Waals surface area contributed by atoms with E-state index in [1.807, 2.05) is 19.1 Å². The van der Waals surface area contributed by atoms with Gasteiger partial charge >= 0.3 is 0 Å². The predicted molar refractivity (Wildman–Crippen MR) is 126 cm³/mol. The molecule has 0 saturated heterocycles. The van der Waals surface area contributed by atoms with Gasteiger partial charge in [-0.1, -0.05) is 67.3 Å². The van der Waals surface area contributed by atoms with Gasteiger partial charge in [-0.3, -0.25) is 14.4 Å². The van der Waals surface area contributed by atoms with Crippen LogP contribution in [0.3, 0.4) is 0 Å². The van der Waals surface area contributed by atoms with Crippen molar-refractivity contribution in [2.45, 2.75) is 35.9 Å². The van der Waals surface area contributed by atoms with Crippen LogP contribution in [0.1, 0.15) is 25.8 Å². The molecule has 1 heterocycles. The second-order valence-corrected chi connectivity index (χ2v) is 10.8. The summed E-state index contributed by atoms with van der Waals surface area (Å²) in [5, 5.41) is 11.0. The molecular weight excluding hydrogens is 452 g/mol. The number of carbonyl (C=O) groups is 1. The lowest BCUT2D eigenvalue weighted by atomic mass is 10.1. The minimum Gasteiger partial charge on any atom is -0.299 e. The third-order valence-electron chi connectivity index (χ3n) is 4.33. The number of rotatable bonds is 10. The monoisotopic (exact) mass is 476 g/mol. The molecule has 31 heavy (non-hydrogen) atoms. The first kappa shape index (κ1) is 23.2. The quantitative estimate of drug-likeness (QED) is 0.344. The molecule has 3 aromatic rings. The number of nitrogens with one attached hydrogen (secondary N) is 1. The van der Waals surface area contributed by atoms with E-state index in [0.717, 1.165) is 32.8 Å². The standard InChI is InChI=1S/C21H24N4O3S3/c1-3-14-29-21-24-23-20(30-21)22-19(26)15-25(17-12-10-16(4-2)11-13-17)31(27,28)18-8-6-5-7-9-18/h5-13H,3-4,14-15H2,1-2H3,(H,22,23,26). The number of amides is 1. The lowest BCUT2D eigenvalue weighted by Crippen LogP contribution is -2.38. The number of sulfonamides is 1. The number of hydrogen-bond donors (Lipinski definition) is 1. The molecule has 0 aliphatic carbocycles. The van der Waals surface area contributed by atoms with Crippen LogP contribution in [0.15, 0.2) is 63.8 Å². The van der Waals surface area contributed by atoms with Gasteiger partial charge in [-0.25, -0.2) is 8.42 Å². The zero-order valence-corrected chi connectivity index (χ0v) is 19.8. The van der Waals surface area contributed by atoms with Crippen LogP contribution in [0.2, 0.25) is 0 Å². The number of aryl methyl sites for hydroxylation is 1. The van der Waals surface area contributed by atoms with E-state index in [4.69, 9.17) is 0 Å². The molecule has 164 valence electrons. The Morgan fingerprint density at radius 3 is 2.42 bits per heavy atom. The second-order valence-electron chi connectivity index (χ2n) is 6.61. The van der Waals surface area contributed by atoms with Gasteiger partial charge in [0.15, 0.2) is 4.34 Å². The Morgan fingerprint density at radius 2 is 1.77 bits per heavy atom. The van der Waals surface area contributed by atoms with Crippen LogP contribution in [-0.2, 0) is 21.2 Å². The van der Waals surface area contributed by atoms with Crippen molar-refractivity contribution in [3.8, 4) is 0 Å². The molecule has 3 rings (SSSR count). The van der Waals surface area contributed by atoms with Crippen LogP contribution in [-0.4, -0.2) is 36.8 Å². The van der Waals surface area contributed by atoms with Gasteiger partial charge in [-0.15, -0.1) is 10.2 Å². The molecule has 0 fully saturated rings.